The minimum atomic E-state index is -0.517. The zero-order chi connectivity index (χ0) is 14.5. The fraction of sp³-hybridized carbons (Fsp3) is 0.533. The Bertz CT molecular complexity index is 473. The van der Waals surface area contributed by atoms with Gasteiger partial charge in [-0.3, -0.25) is 4.79 Å². The van der Waals surface area contributed by atoms with E-state index in [-0.39, 0.29) is 5.91 Å². The predicted molar refractivity (Wildman–Crippen MR) is 79.9 cm³/mol. The molecular weight excluding hydrogens is 276 g/mol. The SMILES string of the molecule is CC(Oc1cccc(Cl)c1CN)C(=O)N1CCCCC1. The van der Waals surface area contributed by atoms with Gasteiger partial charge in [0.1, 0.15) is 5.75 Å². The molecule has 0 spiro atoms. The maximum Gasteiger partial charge on any atom is 0.263 e. The van der Waals surface area contributed by atoms with E-state index in [0.717, 1.165) is 31.5 Å². The van der Waals surface area contributed by atoms with Crippen LogP contribution in [0.15, 0.2) is 18.2 Å². The highest BCUT2D eigenvalue weighted by molar-refractivity contribution is 6.31. The van der Waals surface area contributed by atoms with Crippen molar-refractivity contribution in [1.82, 2.24) is 4.90 Å². The molecule has 1 heterocycles. The van der Waals surface area contributed by atoms with Gasteiger partial charge in [0.05, 0.1) is 0 Å². The molecule has 5 heteroatoms. The summed E-state index contributed by atoms with van der Waals surface area (Å²) in [4.78, 5) is 14.2. The molecule has 1 unspecified atom stereocenters. The number of carbonyl (C=O) groups is 1. The maximum absolute atomic E-state index is 12.3. The number of nitrogens with zero attached hydrogens (tertiary/aromatic N) is 1. The molecule has 0 aliphatic carbocycles. The van der Waals surface area contributed by atoms with Crippen LogP contribution >= 0.6 is 11.6 Å². The summed E-state index contributed by atoms with van der Waals surface area (Å²) in [6, 6.07) is 5.37. The number of nitrogens with two attached hydrogens (primary N) is 1. The van der Waals surface area contributed by atoms with Crippen molar-refractivity contribution in [3.8, 4) is 5.75 Å². The lowest BCUT2D eigenvalue weighted by Crippen LogP contribution is -2.43. The summed E-state index contributed by atoms with van der Waals surface area (Å²) in [5, 5.41) is 0.572. The number of rotatable bonds is 4. The molecule has 0 saturated carbocycles. The van der Waals surface area contributed by atoms with Crippen molar-refractivity contribution in [1.29, 1.82) is 0 Å². The first-order valence-corrected chi connectivity index (χ1v) is 7.44. The van der Waals surface area contributed by atoms with E-state index >= 15 is 0 Å². The third-order valence-corrected chi connectivity index (χ3v) is 3.95. The monoisotopic (exact) mass is 296 g/mol. The Balaban J connectivity index is 2.05. The third-order valence-electron chi connectivity index (χ3n) is 3.60. The van der Waals surface area contributed by atoms with E-state index in [1.807, 2.05) is 4.90 Å². The first-order valence-electron chi connectivity index (χ1n) is 7.06. The summed E-state index contributed by atoms with van der Waals surface area (Å²) in [6.45, 7) is 3.72. The van der Waals surface area contributed by atoms with Crippen LogP contribution in [-0.2, 0) is 11.3 Å². The van der Waals surface area contributed by atoms with Crippen LogP contribution < -0.4 is 10.5 Å². The zero-order valence-electron chi connectivity index (χ0n) is 11.8. The molecule has 1 aliphatic rings. The topological polar surface area (TPSA) is 55.6 Å². The number of carbonyl (C=O) groups excluding carboxylic acids is 1. The molecule has 20 heavy (non-hydrogen) atoms. The summed E-state index contributed by atoms with van der Waals surface area (Å²) < 4.78 is 5.78. The molecule has 0 bridgehead atoms. The fourth-order valence-corrected chi connectivity index (χ4v) is 2.70. The van der Waals surface area contributed by atoms with E-state index in [9.17, 15) is 4.79 Å². The Morgan fingerprint density at radius 1 is 1.40 bits per heavy atom. The first kappa shape index (κ1) is 15.1. The molecule has 2 N–H and O–H groups in total. The van der Waals surface area contributed by atoms with E-state index in [0.29, 0.717) is 17.3 Å². The minimum Gasteiger partial charge on any atom is -0.481 e. The fourth-order valence-electron chi connectivity index (χ4n) is 2.46. The van der Waals surface area contributed by atoms with Crippen LogP contribution in [0.5, 0.6) is 5.75 Å². The minimum absolute atomic E-state index is 0.0349. The van der Waals surface area contributed by atoms with Gasteiger partial charge < -0.3 is 15.4 Å². The Morgan fingerprint density at radius 2 is 2.10 bits per heavy atom. The molecule has 4 nitrogen and oxygen atoms in total. The van der Waals surface area contributed by atoms with Crippen molar-refractivity contribution < 1.29 is 9.53 Å². The normalized spacial score (nSPS) is 16.9. The van der Waals surface area contributed by atoms with Crippen LogP contribution in [0, 0.1) is 0 Å². The van der Waals surface area contributed by atoms with Crippen molar-refractivity contribution in [2.24, 2.45) is 5.73 Å². The van der Waals surface area contributed by atoms with Gasteiger partial charge in [0, 0.05) is 30.2 Å². The molecule has 1 amide bonds. The van der Waals surface area contributed by atoms with Gasteiger partial charge in [-0.1, -0.05) is 17.7 Å². The van der Waals surface area contributed by atoms with Gasteiger partial charge in [-0.2, -0.15) is 0 Å². The van der Waals surface area contributed by atoms with Gasteiger partial charge in [-0.25, -0.2) is 0 Å². The van der Waals surface area contributed by atoms with Gasteiger partial charge in [0.15, 0.2) is 6.10 Å². The van der Waals surface area contributed by atoms with Crippen molar-refractivity contribution >= 4 is 17.5 Å². The zero-order valence-corrected chi connectivity index (χ0v) is 12.5. The Kier molecular flexibility index (Phi) is 5.26. The first-order chi connectivity index (χ1) is 9.63. The van der Waals surface area contributed by atoms with Crippen molar-refractivity contribution in [2.75, 3.05) is 13.1 Å². The largest absolute Gasteiger partial charge is 0.481 e. The van der Waals surface area contributed by atoms with Gasteiger partial charge in [-0.15, -0.1) is 0 Å². The Labute approximate surface area is 124 Å². The van der Waals surface area contributed by atoms with E-state index in [1.54, 1.807) is 25.1 Å². The highest BCUT2D eigenvalue weighted by Crippen LogP contribution is 2.27. The van der Waals surface area contributed by atoms with Gasteiger partial charge >= 0.3 is 0 Å². The smallest absolute Gasteiger partial charge is 0.263 e. The molecule has 1 aromatic rings. The molecule has 1 aromatic carbocycles. The quantitative estimate of drug-likeness (QED) is 0.929. The van der Waals surface area contributed by atoms with Crippen LogP contribution in [0.25, 0.3) is 0 Å². The summed E-state index contributed by atoms with van der Waals surface area (Å²) in [5.74, 6) is 0.630. The highest BCUT2D eigenvalue weighted by Gasteiger charge is 2.24. The number of hydrogen-bond donors (Lipinski definition) is 1. The lowest BCUT2D eigenvalue weighted by atomic mass is 10.1. The summed E-state index contributed by atoms with van der Waals surface area (Å²) in [7, 11) is 0. The lowest BCUT2D eigenvalue weighted by molar-refractivity contribution is -0.138. The van der Waals surface area contributed by atoms with Crippen LogP contribution in [0.2, 0.25) is 5.02 Å². The van der Waals surface area contributed by atoms with Crippen LogP contribution in [0.4, 0.5) is 0 Å². The van der Waals surface area contributed by atoms with Crippen molar-refractivity contribution in [3.05, 3.63) is 28.8 Å². The molecule has 0 aromatic heterocycles. The number of halogens is 1. The van der Waals surface area contributed by atoms with E-state index in [2.05, 4.69) is 0 Å². The van der Waals surface area contributed by atoms with E-state index < -0.39 is 6.10 Å². The molecule has 1 aliphatic heterocycles. The van der Waals surface area contributed by atoms with Crippen molar-refractivity contribution in [2.45, 2.75) is 38.8 Å². The molecule has 2 rings (SSSR count). The summed E-state index contributed by atoms with van der Waals surface area (Å²) in [6.07, 6.45) is 2.83. The second kappa shape index (κ2) is 6.95. The standard InChI is InChI=1S/C15H21ClN2O2/c1-11(15(19)18-8-3-2-4-9-18)20-14-7-5-6-13(16)12(14)10-17/h5-7,11H,2-4,8-10,17H2,1H3. The van der Waals surface area contributed by atoms with Gasteiger partial charge in [0.25, 0.3) is 5.91 Å². The van der Waals surface area contributed by atoms with Crippen LogP contribution in [-0.4, -0.2) is 30.0 Å². The van der Waals surface area contributed by atoms with Gasteiger partial charge in [-0.05, 0) is 38.3 Å². The highest BCUT2D eigenvalue weighted by atomic mass is 35.5. The molecule has 1 fully saturated rings. The average molecular weight is 297 g/mol. The maximum atomic E-state index is 12.3. The van der Waals surface area contributed by atoms with Crippen molar-refractivity contribution in [3.63, 3.8) is 0 Å². The molecular formula is C15H21ClN2O2. The molecule has 110 valence electrons. The molecule has 1 atom stereocenters. The number of amides is 1. The van der Waals surface area contributed by atoms with Crippen LogP contribution in [0.3, 0.4) is 0 Å². The van der Waals surface area contributed by atoms with Crippen LogP contribution in [0.1, 0.15) is 31.7 Å². The summed E-state index contributed by atoms with van der Waals surface area (Å²) >= 11 is 6.09. The number of ether oxygens (including phenoxy) is 1. The summed E-state index contributed by atoms with van der Waals surface area (Å²) in [5.41, 5.74) is 6.43. The lowest BCUT2D eigenvalue weighted by Gasteiger charge is -2.29. The Hall–Kier alpha value is -1.26. The number of hydrogen-bond acceptors (Lipinski definition) is 3. The second-order valence-corrected chi connectivity index (χ2v) is 5.47. The third kappa shape index (κ3) is 3.44. The Morgan fingerprint density at radius 3 is 2.75 bits per heavy atom. The number of likely N-dealkylation sites (tertiary alicyclic amines) is 1. The predicted octanol–water partition coefficient (Wildman–Crippen LogP) is 2.58. The molecule has 0 radical (unpaired) electrons. The second-order valence-electron chi connectivity index (χ2n) is 5.07. The van der Waals surface area contributed by atoms with E-state index in [4.69, 9.17) is 22.1 Å². The van der Waals surface area contributed by atoms with Gasteiger partial charge in [0.2, 0.25) is 0 Å². The number of piperidine rings is 1. The average Bonchev–Trinajstić information content (AvgIpc) is 2.47. The number of benzene rings is 1. The van der Waals surface area contributed by atoms with E-state index in [1.165, 1.54) is 6.42 Å². The molecule has 1 saturated heterocycles.